The van der Waals surface area contributed by atoms with Crippen molar-refractivity contribution < 1.29 is 18.4 Å². The lowest BCUT2D eigenvalue weighted by Gasteiger charge is -2.32. The van der Waals surface area contributed by atoms with Crippen LogP contribution >= 0.6 is 0 Å². The van der Waals surface area contributed by atoms with E-state index in [4.69, 9.17) is 5.11 Å². The first-order valence-electron chi connectivity index (χ1n) is 10.4. The van der Waals surface area contributed by atoms with Crippen molar-refractivity contribution in [2.45, 2.75) is 31.1 Å². The molecule has 32 heavy (non-hydrogen) atoms. The smallest absolute Gasteiger partial charge is 0.312 e. The fraction of sp³-hybridized carbons (Fsp3) is 0.381. The number of pyridine rings is 1. The quantitative estimate of drug-likeness (QED) is 0.407. The van der Waals surface area contributed by atoms with E-state index in [0.717, 1.165) is 35.0 Å². The molecule has 3 heterocycles. The Balaban J connectivity index is 1.71. The number of hydrogen-bond donors (Lipinski definition) is 2. The molecule has 1 aliphatic heterocycles. The molecule has 0 amide bonds. The van der Waals surface area contributed by atoms with Gasteiger partial charge in [0.05, 0.1) is 15.2 Å². The fourth-order valence-corrected chi connectivity index (χ4v) is 5.30. The molecule has 1 fully saturated rings. The van der Waals surface area contributed by atoms with Crippen LogP contribution in [0.1, 0.15) is 24.8 Å². The van der Waals surface area contributed by atoms with Crippen molar-refractivity contribution >= 4 is 32.4 Å². The minimum absolute atomic E-state index is 0.112. The van der Waals surface area contributed by atoms with E-state index in [1.165, 1.54) is 24.4 Å². The van der Waals surface area contributed by atoms with Crippen molar-refractivity contribution in [3.8, 4) is 0 Å². The molecule has 10 nitrogen and oxygen atoms in total. The Labute approximate surface area is 185 Å². The third-order valence-corrected chi connectivity index (χ3v) is 7.54. The van der Waals surface area contributed by atoms with Gasteiger partial charge in [0.15, 0.2) is 5.65 Å². The van der Waals surface area contributed by atoms with Crippen molar-refractivity contribution in [1.82, 2.24) is 14.0 Å². The monoisotopic (exact) mass is 459 g/mol. The largest absolute Gasteiger partial charge is 0.396 e. The molecule has 2 N–H and O–H groups in total. The minimum atomic E-state index is -3.92. The summed E-state index contributed by atoms with van der Waals surface area (Å²) in [4.78, 5) is 15.4. The molecule has 4 rings (SSSR count). The molecule has 0 aliphatic carbocycles. The molecule has 11 heteroatoms. The summed E-state index contributed by atoms with van der Waals surface area (Å²) in [6.45, 7) is 3.34. The second-order valence-electron chi connectivity index (χ2n) is 8.00. The Kier molecular flexibility index (Phi) is 6.13. The number of hydrazine groups is 1. The summed E-state index contributed by atoms with van der Waals surface area (Å²) >= 11 is 0. The number of anilines is 1. The third-order valence-electron chi connectivity index (χ3n) is 5.86. The first-order chi connectivity index (χ1) is 15.3. The second kappa shape index (κ2) is 8.85. The van der Waals surface area contributed by atoms with E-state index < -0.39 is 14.9 Å². The number of nitrogens with one attached hydrogen (secondary N) is 1. The van der Waals surface area contributed by atoms with Crippen LogP contribution in [0.5, 0.6) is 0 Å². The second-order valence-corrected chi connectivity index (χ2v) is 9.81. The van der Waals surface area contributed by atoms with E-state index in [9.17, 15) is 18.5 Å². The molecule has 0 saturated carbocycles. The molecule has 1 aliphatic rings. The van der Waals surface area contributed by atoms with Gasteiger partial charge in [0, 0.05) is 25.9 Å². The van der Waals surface area contributed by atoms with Crippen molar-refractivity contribution in [3.05, 3.63) is 58.4 Å². The van der Waals surface area contributed by atoms with Crippen LogP contribution in [-0.2, 0) is 10.0 Å². The first kappa shape index (κ1) is 22.2. The average Bonchev–Trinajstić information content (AvgIpc) is 3.21. The van der Waals surface area contributed by atoms with Gasteiger partial charge in [0.2, 0.25) is 0 Å². The maximum Gasteiger partial charge on any atom is 0.312 e. The number of aryl methyl sites for hydroxylation is 1. The molecule has 3 aromatic rings. The van der Waals surface area contributed by atoms with Crippen LogP contribution in [0.15, 0.2) is 47.6 Å². The van der Waals surface area contributed by atoms with E-state index in [1.807, 2.05) is 11.9 Å². The molecule has 2 aromatic heterocycles. The van der Waals surface area contributed by atoms with Crippen LogP contribution in [0.2, 0.25) is 0 Å². The van der Waals surface area contributed by atoms with E-state index >= 15 is 0 Å². The van der Waals surface area contributed by atoms with Gasteiger partial charge >= 0.3 is 5.69 Å². The summed E-state index contributed by atoms with van der Waals surface area (Å²) in [6.07, 6.45) is 4.92. The molecule has 1 saturated heterocycles. The number of piperidine rings is 1. The minimum Gasteiger partial charge on any atom is -0.396 e. The van der Waals surface area contributed by atoms with Crippen molar-refractivity contribution in [3.63, 3.8) is 0 Å². The standard InChI is InChI=1S/C21H25N5O5S/c1-15-2-4-17(5-3-15)32(30,31)25-12-8-18-20(19(26(28)29)14-22-21(18)25)23-24-10-6-16(7-11-24)9-13-27/h2-5,8,12,14,16,27H,6-7,9-11,13H2,1H3,(H,22,23). The highest BCUT2D eigenvalue weighted by atomic mass is 32.2. The van der Waals surface area contributed by atoms with E-state index in [2.05, 4.69) is 10.4 Å². The number of aliphatic hydroxyl groups excluding tert-OH is 1. The van der Waals surface area contributed by atoms with Gasteiger partial charge in [-0.25, -0.2) is 22.4 Å². The van der Waals surface area contributed by atoms with E-state index in [0.29, 0.717) is 24.4 Å². The van der Waals surface area contributed by atoms with E-state index in [1.54, 1.807) is 12.1 Å². The summed E-state index contributed by atoms with van der Waals surface area (Å²) < 4.78 is 27.4. The van der Waals surface area contributed by atoms with Gasteiger partial charge < -0.3 is 10.5 Å². The topological polar surface area (TPSA) is 131 Å². The van der Waals surface area contributed by atoms with Crippen LogP contribution in [0.25, 0.3) is 11.0 Å². The average molecular weight is 460 g/mol. The predicted molar refractivity (Wildman–Crippen MR) is 120 cm³/mol. The van der Waals surface area contributed by atoms with Crippen LogP contribution < -0.4 is 5.43 Å². The number of rotatable bonds is 7. The molecule has 0 spiro atoms. The van der Waals surface area contributed by atoms with Gasteiger partial charge in [-0.3, -0.25) is 10.1 Å². The number of nitrogens with zero attached hydrogens (tertiary/aromatic N) is 4. The lowest BCUT2D eigenvalue weighted by Crippen LogP contribution is -2.38. The Hall–Kier alpha value is -3.02. The van der Waals surface area contributed by atoms with Crippen molar-refractivity contribution in [2.24, 2.45) is 5.92 Å². The summed E-state index contributed by atoms with van der Waals surface area (Å²) in [5, 5.41) is 23.0. The summed E-state index contributed by atoms with van der Waals surface area (Å²) in [5.74, 6) is 0.422. The van der Waals surface area contributed by atoms with Gasteiger partial charge in [0.25, 0.3) is 10.0 Å². The van der Waals surface area contributed by atoms with Gasteiger partial charge in [-0.15, -0.1) is 0 Å². The molecule has 170 valence electrons. The number of hydrogen-bond acceptors (Lipinski definition) is 8. The molecule has 0 unspecified atom stereocenters. The van der Waals surface area contributed by atoms with Crippen LogP contribution in [-0.4, -0.2) is 52.1 Å². The Bertz CT molecular complexity index is 1230. The molecule has 1 aromatic carbocycles. The highest BCUT2D eigenvalue weighted by Gasteiger charge is 2.27. The summed E-state index contributed by atoms with van der Waals surface area (Å²) in [5.41, 5.74) is 4.18. The molecule has 0 atom stereocenters. The zero-order chi connectivity index (χ0) is 22.9. The highest BCUT2D eigenvalue weighted by molar-refractivity contribution is 7.90. The van der Waals surface area contributed by atoms with Crippen molar-refractivity contribution in [2.75, 3.05) is 25.1 Å². The normalized spacial score (nSPS) is 15.8. The zero-order valence-corrected chi connectivity index (χ0v) is 18.5. The van der Waals surface area contributed by atoms with Crippen LogP contribution in [0.4, 0.5) is 11.4 Å². The highest BCUT2D eigenvalue weighted by Crippen LogP contribution is 2.34. The lowest BCUT2D eigenvalue weighted by atomic mass is 9.95. The molecular weight excluding hydrogens is 434 g/mol. The Morgan fingerprint density at radius 2 is 1.91 bits per heavy atom. The number of aromatic nitrogens is 2. The number of fused-ring (bicyclic) bond motifs is 1. The first-order valence-corrected chi connectivity index (χ1v) is 11.8. The number of nitro groups is 1. The Morgan fingerprint density at radius 3 is 2.53 bits per heavy atom. The van der Waals surface area contributed by atoms with Gasteiger partial charge in [-0.05, 0) is 50.3 Å². The van der Waals surface area contributed by atoms with Gasteiger partial charge in [-0.1, -0.05) is 17.7 Å². The van der Waals surface area contributed by atoms with Crippen molar-refractivity contribution in [1.29, 1.82) is 0 Å². The molecular formula is C21H25N5O5S. The van der Waals surface area contributed by atoms with Crippen LogP contribution in [0, 0.1) is 23.0 Å². The van der Waals surface area contributed by atoms with Gasteiger partial charge in [-0.2, -0.15) is 0 Å². The molecule has 0 radical (unpaired) electrons. The predicted octanol–water partition coefficient (Wildman–Crippen LogP) is 2.91. The third kappa shape index (κ3) is 4.18. The summed E-state index contributed by atoms with van der Waals surface area (Å²) in [7, 11) is -3.92. The fourth-order valence-electron chi connectivity index (χ4n) is 4.00. The lowest BCUT2D eigenvalue weighted by molar-refractivity contribution is -0.384. The SMILES string of the molecule is Cc1ccc(S(=O)(=O)n2ccc3c(NN4CCC(CCO)CC4)c([N+](=O)[O-])cnc32)cc1. The van der Waals surface area contributed by atoms with E-state index in [-0.39, 0.29) is 28.5 Å². The maximum atomic E-state index is 13.2. The van der Waals surface area contributed by atoms with Gasteiger partial charge in [0.1, 0.15) is 11.9 Å². The Morgan fingerprint density at radius 1 is 1.22 bits per heavy atom. The maximum absolute atomic E-state index is 13.2. The summed E-state index contributed by atoms with van der Waals surface area (Å²) in [6, 6.07) is 8.01. The number of benzene rings is 1. The zero-order valence-electron chi connectivity index (χ0n) is 17.6. The van der Waals surface area contributed by atoms with Crippen LogP contribution in [0.3, 0.4) is 0 Å². The molecule has 0 bridgehead atoms. The number of aliphatic hydroxyl groups is 1.